The first-order valence-corrected chi connectivity index (χ1v) is 9.55. The Kier molecular flexibility index (Phi) is 4.55. The number of carbonyl (C=O) groups is 2. The highest BCUT2D eigenvalue weighted by Gasteiger charge is 2.31. The van der Waals surface area contributed by atoms with Crippen LogP contribution in [0.15, 0.2) is 24.3 Å². The summed E-state index contributed by atoms with van der Waals surface area (Å²) in [6.45, 7) is 0.142. The van der Waals surface area contributed by atoms with Crippen LogP contribution < -0.4 is 20.1 Å². The average molecular weight is 372 g/mol. The molecule has 0 radical (unpaired) electrons. The number of ether oxygens (including phenoxy) is 2. The van der Waals surface area contributed by atoms with Gasteiger partial charge in [0.25, 0.3) is 11.8 Å². The molecule has 0 bridgehead atoms. The summed E-state index contributed by atoms with van der Waals surface area (Å²) in [7, 11) is 1.61. The largest absolute Gasteiger partial charge is 0.485 e. The first kappa shape index (κ1) is 16.9. The van der Waals surface area contributed by atoms with Gasteiger partial charge in [-0.3, -0.25) is 9.59 Å². The number of hydrogen-bond donors (Lipinski definition) is 2. The molecule has 136 valence electrons. The summed E-state index contributed by atoms with van der Waals surface area (Å²) < 4.78 is 11.4. The first-order chi connectivity index (χ1) is 12.7. The number of para-hydroxylation sites is 2. The van der Waals surface area contributed by atoms with Crippen LogP contribution in [0.3, 0.4) is 0 Å². The Morgan fingerprint density at radius 1 is 1.15 bits per heavy atom. The van der Waals surface area contributed by atoms with E-state index in [2.05, 4.69) is 10.6 Å². The molecule has 1 aromatic heterocycles. The Labute approximate surface area is 155 Å². The monoisotopic (exact) mass is 372 g/mol. The minimum atomic E-state index is -0.749. The molecule has 1 atom stereocenters. The van der Waals surface area contributed by atoms with Gasteiger partial charge in [-0.2, -0.15) is 0 Å². The highest BCUT2D eigenvalue weighted by Crippen LogP contribution is 2.38. The van der Waals surface area contributed by atoms with Crippen LogP contribution in [0.4, 0.5) is 5.00 Å². The summed E-state index contributed by atoms with van der Waals surface area (Å²) in [5, 5.41) is 6.18. The Hall–Kier alpha value is -2.54. The summed E-state index contributed by atoms with van der Waals surface area (Å²) in [5.74, 6) is 0.721. The number of amides is 2. The summed E-state index contributed by atoms with van der Waals surface area (Å²) in [6, 6.07) is 7.27. The van der Waals surface area contributed by atoms with Crippen LogP contribution >= 0.6 is 11.3 Å². The van der Waals surface area contributed by atoms with Gasteiger partial charge in [-0.05, 0) is 43.4 Å². The van der Waals surface area contributed by atoms with Gasteiger partial charge in [-0.1, -0.05) is 12.1 Å². The van der Waals surface area contributed by atoms with E-state index in [4.69, 9.17) is 9.47 Å². The number of carbonyl (C=O) groups excluding carboxylic acids is 2. The van der Waals surface area contributed by atoms with Gasteiger partial charge in [-0.25, -0.2) is 0 Å². The summed E-state index contributed by atoms with van der Waals surface area (Å²) in [5.41, 5.74) is 1.67. The zero-order valence-electron chi connectivity index (χ0n) is 14.5. The topological polar surface area (TPSA) is 76.7 Å². The highest BCUT2D eigenvalue weighted by atomic mass is 32.1. The van der Waals surface area contributed by atoms with Gasteiger partial charge in [0.2, 0.25) is 6.10 Å². The van der Waals surface area contributed by atoms with Crippen molar-refractivity contribution in [3.05, 3.63) is 40.3 Å². The third-order valence-corrected chi connectivity index (χ3v) is 5.87. The van der Waals surface area contributed by atoms with Crippen molar-refractivity contribution in [3.8, 4) is 11.5 Å². The molecule has 1 aliphatic heterocycles. The van der Waals surface area contributed by atoms with Crippen LogP contribution in [0.2, 0.25) is 0 Å². The van der Waals surface area contributed by atoms with Crippen molar-refractivity contribution < 1.29 is 19.1 Å². The molecule has 2 N–H and O–H groups in total. The number of hydrogen-bond acceptors (Lipinski definition) is 5. The molecule has 0 saturated heterocycles. The van der Waals surface area contributed by atoms with Crippen LogP contribution in [0.5, 0.6) is 11.5 Å². The van der Waals surface area contributed by atoms with Gasteiger partial charge in [0.05, 0.1) is 5.56 Å². The molecule has 2 aromatic rings. The zero-order chi connectivity index (χ0) is 18.1. The van der Waals surface area contributed by atoms with Gasteiger partial charge in [0, 0.05) is 11.9 Å². The van der Waals surface area contributed by atoms with Crippen molar-refractivity contribution in [1.29, 1.82) is 0 Å². The number of fused-ring (bicyclic) bond motifs is 2. The van der Waals surface area contributed by atoms with E-state index in [0.29, 0.717) is 22.1 Å². The Balaban J connectivity index is 1.57. The Bertz CT molecular complexity index is 861. The lowest BCUT2D eigenvalue weighted by Crippen LogP contribution is -2.40. The minimum Gasteiger partial charge on any atom is -0.485 e. The second kappa shape index (κ2) is 6.99. The molecule has 6 nitrogen and oxygen atoms in total. The quantitative estimate of drug-likeness (QED) is 0.869. The molecule has 1 aliphatic carbocycles. The summed E-state index contributed by atoms with van der Waals surface area (Å²) in [4.78, 5) is 26.3. The van der Waals surface area contributed by atoms with E-state index >= 15 is 0 Å². The van der Waals surface area contributed by atoms with Gasteiger partial charge < -0.3 is 20.1 Å². The van der Waals surface area contributed by atoms with Gasteiger partial charge in [0.1, 0.15) is 11.6 Å². The van der Waals surface area contributed by atoms with E-state index in [1.54, 1.807) is 19.2 Å². The van der Waals surface area contributed by atoms with Crippen molar-refractivity contribution in [2.45, 2.75) is 31.8 Å². The molecule has 4 rings (SSSR count). The summed E-state index contributed by atoms with van der Waals surface area (Å²) in [6.07, 6.45) is 3.26. The van der Waals surface area contributed by atoms with E-state index in [1.165, 1.54) is 16.2 Å². The molecule has 1 aromatic carbocycles. The molecule has 0 fully saturated rings. The molecule has 2 heterocycles. The summed E-state index contributed by atoms with van der Waals surface area (Å²) >= 11 is 1.49. The predicted octanol–water partition coefficient (Wildman–Crippen LogP) is 2.77. The number of aryl methyl sites for hydroxylation is 1. The number of benzene rings is 1. The fourth-order valence-electron chi connectivity index (χ4n) is 3.36. The fraction of sp³-hybridized carbons (Fsp3) is 0.368. The third-order valence-electron chi connectivity index (χ3n) is 4.66. The van der Waals surface area contributed by atoms with E-state index in [1.807, 2.05) is 12.1 Å². The van der Waals surface area contributed by atoms with Crippen LogP contribution in [0.1, 0.15) is 33.6 Å². The van der Waals surface area contributed by atoms with E-state index in [0.717, 1.165) is 31.2 Å². The SMILES string of the molecule is CNC(=O)c1c(NC(=O)C2COc3ccccc3O2)sc2c1CCCC2. The van der Waals surface area contributed by atoms with Crippen molar-refractivity contribution >= 4 is 28.2 Å². The normalized spacial score (nSPS) is 18.0. The van der Waals surface area contributed by atoms with E-state index in [-0.39, 0.29) is 18.4 Å². The molecule has 1 unspecified atom stereocenters. The molecule has 2 aliphatic rings. The van der Waals surface area contributed by atoms with Crippen molar-refractivity contribution in [3.63, 3.8) is 0 Å². The standard InChI is InChI=1S/C19H20N2O4S/c1-20-18(23)16-11-6-2-5-9-15(11)26-19(16)21-17(22)14-10-24-12-7-3-4-8-13(12)25-14/h3-4,7-8,14H,2,5-6,9-10H2,1H3,(H,20,23)(H,21,22). The maximum atomic E-state index is 12.7. The van der Waals surface area contributed by atoms with Gasteiger partial charge >= 0.3 is 0 Å². The minimum absolute atomic E-state index is 0.142. The van der Waals surface area contributed by atoms with Crippen LogP contribution in [0, 0.1) is 0 Å². The molecular weight excluding hydrogens is 352 g/mol. The van der Waals surface area contributed by atoms with Gasteiger partial charge in [-0.15, -0.1) is 11.3 Å². The van der Waals surface area contributed by atoms with Crippen molar-refractivity contribution in [2.75, 3.05) is 19.0 Å². The first-order valence-electron chi connectivity index (χ1n) is 8.73. The van der Waals surface area contributed by atoms with Crippen molar-refractivity contribution in [2.24, 2.45) is 0 Å². The maximum Gasteiger partial charge on any atom is 0.269 e. The second-order valence-electron chi connectivity index (χ2n) is 6.35. The number of anilines is 1. The van der Waals surface area contributed by atoms with Crippen LogP contribution in [-0.2, 0) is 17.6 Å². The lowest BCUT2D eigenvalue weighted by atomic mass is 9.95. The van der Waals surface area contributed by atoms with E-state index in [9.17, 15) is 9.59 Å². The lowest BCUT2D eigenvalue weighted by Gasteiger charge is -2.25. The molecular formula is C19H20N2O4S. The molecule has 2 amide bonds. The predicted molar refractivity (Wildman–Crippen MR) is 99.3 cm³/mol. The highest BCUT2D eigenvalue weighted by molar-refractivity contribution is 7.17. The molecule has 0 saturated carbocycles. The zero-order valence-corrected chi connectivity index (χ0v) is 15.3. The Morgan fingerprint density at radius 2 is 1.92 bits per heavy atom. The average Bonchev–Trinajstić information content (AvgIpc) is 3.04. The molecule has 26 heavy (non-hydrogen) atoms. The van der Waals surface area contributed by atoms with E-state index < -0.39 is 6.10 Å². The lowest BCUT2D eigenvalue weighted by molar-refractivity contribution is -0.125. The fourth-order valence-corrected chi connectivity index (χ4v) is 4.65. The van der Waals surface area contributed by atoms with Crippen molar-refractivity contribution in [1.82, 2.24) is 5.32 Å². The maximum absolute atomic E-state index is 12.7. The molecule has 7 heteroatoms. The third kappa shape index (κ3) is 3.03. The Morgan fingerprint density at radius 3 is 2.73 bits per heavy atom. The molecule has 0 spiro atoms. The second-order valence-corrected chi connectivity index (χ2v) is 7.45. The number of thiophene rings is 1. The number of nitrogens with one attached hydrogen (secondary N) is 2. The van der Waals surface area contributed by atoms with Crippen LogP contribution in [-0.4, -0.2) is 31.6 Å². The smallest absolute Gasteiger partial charge is 0.269 e. The van der Waals surface area contributed by atoms with Crippen LogP contribution in [0.25, 0.3) is 0 Å². The number of rotatable bonds is 3. The van der Waals surface area contributed by atoms with Gasteiger partial charge in [0.15, 0.2) is 11.5 Å².